The van der Waals surface area contributed by atoms with Gasteiger partial charge in [-0.05, 0) is 31.9 Å². The number of nitrogens with zero attached hydrogens (tertiary/aromatic N) is 2. The molecule has 112 valence electrons. The van der Waals surface area contributed by atoms with Crippen molar-refractivity contribution < 1.29 is 4.79 Å². The van der Waals surface area contributed by atoms with Gasteiger partial charge >= 0.3 is 0 Å². The summed E-state index contributed by atoms with van der Waals surface area (Å²) in [5.74, 6) is 0.284. The zero-order valence-corrected chi connectivity index (χ0v) is 13.7. The van der Waals surface area contributed by atoms with Crippen molar-refractivity contribution in [3.8, 4) is 0 Å². The molecule has 0 aromatic carbocycles. The molecule has 2 heterocycles. The topological polar surface area (TPSA) is 23.6 Å². The van der Waals surface area contributed by atoms with Gasteiger partial charge in [0, 0.05) is 37.1 Å². The highest BCUT2D eigenvalue weighted by atomic mass is 32.1. The Morgan fingerprint density at radius 1 is 1.25 bits per heavy atom. The molecule has 1 atom stereocenters. The standard InChI is InChI=1S/C16H26N2OS/c1-4-13(3)18-10-8-17(9-11-18)12-15(19)16-7-6-14(5-2)20-16/h6-7,13H,4-5,8-12H2,1-3H3. The van der Waals surface area contributed by atoms with Gasteiger partial charge in [0.25, 0.3) is 0 Å². The third kappa shape index (κ3) is 3.90. The SMILES string of the molecule is CCc1ccc(C(=O)CN2CCN(C(C)CC)CC2)s1. The van der Waals surface area contributed by atoms with E-state index in [-0.39, 0.29) is 5.78 Å². The number of aryl methyl sites for hydroxylation is 1. The van der Waals surface area contributed by atoms with Gasteiger partial charge in [0.2, 0.25) is 0 Å². The van der Waals surface area contributed by atoms with E-state index in [1.54, 1.807) is 11.3 Å². The minimum atomic E-state index is 0.284. The first kappa shape index (κ1) is 15.7. The summed E-state index contributed by atoms with van der Waals surface area (Å²) in [5.41, 5.74) is 0. The summed E-state index contributed by atoms with van der Waals surface area (Å²) in [6, 6.07) is 4.73. The Kier molecular flexibility index (Phi) is 5.75. The predicted molar refractivity (Wildman–Crippen MR) is 85.8 cm³/mol. The van der Waals surface area contributed by atoms with Crippen molar-refractivity contribution in [2.24, 2.45) is 0 Å². The van der Waals surface area contributed by atoms with Gasteiger partial charge in [-0.15, -0.1) is 11.3 Å². The number of Topliss-reactive ketones (excluding diaryl/α,β-unsaturated/α-hetero) is 1. The zero-order valence-electron chi connectivity index (χ0n) is 12.9. The zero-order chi connectivity index (χ0) is 14.5. The molecule has 1 unspecified atom stereocenters. The average Bonchev–Trinajstić information content (AvgIpc) is 2.96. The van der Waals surface area contributed by atoms with E-state index in [0.29, 0.717) is 12.6 Å². The van der Waals surface area contributed by atoms with Gasteiger partial charge in [-0.25, -0.2) is 0 Å². The molecule has 0 amide bonds. The largest absolute Gasteiger partial charge is 0.298 e. The smallest absolute Gasteiger partial charge is 0.186 e. The summed E-state index contributed by atoms with van der Waals surface area (Å²) in [6.07, 6.45) is 2.22. The van der Waals surface area contributed by atoms with Crippen molar-refractivity contribution in [3.05, 3.63) is 21.9 Å². The Bertz CT molecular complexity index is 435. The van der Waals surface area contributed by atoms with Crippen LogP contribution in [0.3, 0.4) is 0 Å². The molecule has 1 aromatic heterocycles. The quantitative estimate of drug-likeness (QED) is 0.754. The molecule has 0 aliphatic carbocycles. The van der Waals surface area contributed by atoms with Gasteiger partial charge in [0.1, 0.15) is 0 Å². The lowest BCUT2D eigenvalue weighted by Crippen LogP contribution is -2.50. The minimum absolute atomic E-state index is 0.284. The molecule has 3 nitrogen and oxygen atoms in total. The Morgan fingerprint density at radius 2 is 1.95 bits per heavy atom. The highest BCUT2D eigenvalue weighted by Crippen LogP contribution is 2.18. The summed E-state index contributed by atoms with van der Waals surface area (Å²) >= 11 is 1.65. The van der Waals surface area contributed by atoms with E-state index in [1.807, 2.05) is 6.07 Å². The van der Waals surface area contributed by atoms with Crippen LogP contribution in [0.25, 0.3) is 0 Å². The fraction of sp³-hybridized carbons (Fsp3) is 0.688. The maximum atomic E-state index is 12.3. The van der Waals surface area contributed by atoms with Gasteiger partial charge < -0.3 is 0 Å². The maximum Gasteiger partial charge on any atom is 0.186 e. The van der Waals surface area contributed by atoms with Crippen molar-refractivity contribution in [2.75, 3.05) is 32.7 Å². The van der Waals surface area contributed by atoms with E-state index >= 15 is 0 Å². The first-order valence-electron chi connectivity index (χ1n) is 7.72. The number of rotatable bonds is 6. The molecule has 1 fully saturated rings. The van der Waals surface area contributed by atoms with Crippen molar-refractivity contribution in [2.45, 2.75) is 39.7 Å². The van der Waals surface area contributed by atoms with Gasteiger partial charge in [-0.2, -0.15) is 0 Å². The van der Waals surface area contributed by atoms with Crippen LogP contribution in [0.5, 0.6) is 0 Å². The molecule has 4 heteroatoms. The highest BCUT2D eigenvalue weighted by Gasteiger charge is 2.22. The van der Waals surface area contributed by atoms with Crippen LogP contribution in [-0.4, -0.2) is 54.3 Å². The molecule has 1 saturated heterocycles. The number of thiophene rings is 1. The molecule has 1 aliphatic heterocycles. The molecule has 2 rings (SSSR count). The molecule has 0 bridgehead atoms. The Balaban J connectivity index is 1.81. The summed E-state index contributed by atoms with van der Waals surface area (Å²) in [4.78, 5) is 19.3. The molecule has 1 aromatic rings. The average molecular weight is 294 g/mol. The second kappa shape index (κ2) is 7.34. The third-order valence-corrected chi connectivity index (χ3v) is 5.54. The molecular formula is C16H26N2OS. The van der Waals surface area contributed by atoms with Crippen LogP contribution in [0, 0.1) is 0 Å². The van der Waals surface area contributed by atoms with Crippen LogP contribution >= 0.6 is 11.3 Å². The summed E-state index contributed by atoms with van der Waals surface area (Å²) in [7, 11) is 0. The van der Waals surface area contributed by atoms with E-state index in [2.05, 4.69) is 36.6 Å². The maximum absolute atomic E-state index is 12.3. The van der Waals surface area contributed by atoms with Gasteiger partial charge in [-0.1, -0.05) is 13.8 Å². The number of piperazine rings is 1. The van der Waals surface area contributed by atoms with Gasteiger partial charge in [0.15, 0.2) is 5.78 Å². The molecule has 20 heavy (non-hydrogen) atoms. The molecule has 1 aliphatic rings. The van der Waals surface area contributed by atoms with E-state index in [4.69, 9.17) is 0 Å². The van der Waals surface area contributed by atoms with E-state index in [9.17, 15) is 4.79 Å². The van der Waals surface area contributed by atoms with Crippen molar-refractivity contribution in [1.29, 1.82) is 0 Å². The van der Waals surface area contributed by atoms with Gasteiger partial charge in [-0.3, -0.25) is 14.6 Å². The summed E-state index contributed by atoms with van der Waals surface area (Å²) < 4.78 is 0. The minimum Gasteiger partial charge on any atom is -0.298 e. The Labute approximate surface area is 126 Å². The van der Waals surface area contributed by atoms with Crippen LogP contribution in [0.2, 0.25) is 0 Å². The van der Waals surface area contributed by atoms with Crippen molar-refractivity contribution in [3.63, 3.8) is 0 Å². The monoisotopic (exact) mass is 294 g/mol. The van der Waals surface area contributed by atoms with Crippen LogP contribution in [-0.2, 0) is 6.42 Å². The first-order chi connectivity index (χ1) is 9.63. The number of hydrogen-bond acceptors (Lipinski definition) is 4. The molecular weight excluding hydrogens is 268 g/mol. The van der Waals surface area contributed by atoms with Gasteiger partial charge in [0.05, 0.1) is 11.4 Å². The summed E-state index contributed by atoms with van der Waals surface area (Å²) in [5, 5.41) is 0. The Hall–Kier alpha value is -0.710. The Morgan fingerprint density at radius 3 is 2.50 bits per heavy atom. The second-order valence-electron chi connectivity index (χ2n) is 5.61. The van der Waals surface area contributed by atoms with Crippen LogP contribution < -0.4 is 0 Å². The third-order valence-electron chi connectivity index (χ3n) is 4.27. The lowest BCUT2D eigenvalue weighted by Gasteiger charge is -2.37. The predicted octanol–water partition coefficient (Wildman–Crippen LogP) is 2.91. The highest BCUT2D eigenvalue weighted by molar-refractivity contribution is 7.14. The fourth-order valence-corrected chi connectivity index (χ4v) is 3.50. The summed E-state index contributed by atoms with van der Waals surface area (Å²) in [6.45, 7) is 11.5. The van der Waals surface area contributed by atoms with Crippen molar-refractivity contribution >= 4 is 17.1 Å². The first-order valence-corrected chi connectivity index (χ1v) is 8.54. The number of hydrogen-bond donors (Lipinski definition) is 0. The molecule has 0 radical (unpaired) electrons. The second-order valence-corrected chi connectivity index (χ2v) is 6.78. The number of carbonyl (C=O) groups excluding carboxylic acids is 1. The molecule has 0 saturated carbocycles. The normalized spacial score (nSPS) is 19.1. The van der Waals surface area contributed by atoms with E-state index in [1.165, 1.54) is 11.3 Å². The molecule has 0 N–H and O–H groups in total. The van der Waals surface area contributed by atoms with Crippen LogP contribution in [0.15, 0.2) is 12.1 Å². The number of carbonyl (C=O) groups is 1. The lowest BCUT2D eigenvalue weighted by atomic mass is 10.2. The fourth-order valence-electron chi connectivity index (χ4n) is 2.62. The lowest BCUT2D eigenvalue weighted by molar-refractivity contribution is 0.0787. The molecule has 0 spiro atoms. The van der Waals surface area contributed by atoms with Crippen LogP contribution in [0.4, 0.5) is 0 Å². The van der Waals surface area contributed by atoms with E-state index in [0.717, 1.165) is 37.5 Å². The van der Waals surface area contributed by atoms with Crippen LogP contribution in [0.1, 0.15) is 41.7 Å². The van der Waals surface area contributed by atoms with Crippen molar-refractivity contribution in [1.82, 2.24) is 9.80 Å². The van der Waals surface area contributed by atoms with E-state index < -0.39 is 0 Å². The number of ketones is 1.